The molecule has 0 heterocycles. The molecule has 2 nitrogen and oxygen atoms in total. The first-order valence-corrected chi connectivity index (χ1v) is 6.10. The van der Waals surface area contributed by atoms with Crippen molar-refractivity contribution in [2.45, 2.75) is 31.8 Å². The molecule has 2 heteroatoms. The van der Waals surface area contributed by atoms with Crippen molar-refractivity contribution in [1.82, 2.24) is 5.32 Å². The maximum absolute atomic E-state index is 6.41. The van der Waals surface area contributed by atoms with Crippen molar-refractivity contribution in [3.8, 4) is 0 Å². The molecule has 1 aliphatic carbocycles. The molecule has 90 valence electrons. The number of allylic oxidation sites excluding steroid dienone is 1. The minimum absolute atomic E-state index is 0.358. The summed E-state index contributed by atoms with van der Waals surface area (Å²) in [4.78, 5) is 0. The van der Waals surface area contributed by atoms with E-state index in [0.29, 0.717) is 6.04 Å². The third kappa shape index (κ3) is 2.77. The molecule has 0 aromatic heterocycles. The Labute approximate surface area is 103 Å². The highest BCUT2D eigenvalue weighted by Gasteiger charge is 2.25. The van der Waals surface area contributed by atoms with E-state index in [1.165, 1.54) is 0 Å². The Bertz CT molecular complexity index is 431. The fourth-order valence-electron chi connectivity index (χ4n) is 2.06. The Morgan fingerprint density at radius 1 is 1.24 bits per heavy atom. The molecule has 0 saturated carbocycles. The molecule has 0 spiro atoms. The number of rotatable bonds is 3. The second-order valence-electron chi connectivity index (χ2n) is 4.90. The summed E-state index contributed by atoms with van der Waals surface area (Å²) >= 11 is 0. The molecule has 3 N–H and O–H groups in total. The number of nitrogens with two attached hydrogens (primary N) is 1. The molecule has 1 aromatic carbocycles. The van der Waals surface area contributed by atoms with Gasteiger partial charge in [0.25, 0.3) is 0 Å². The molecule has 1 atom stereocenters. The lowest BCUT2D eigenvalue weighted by Gasteiger charge is -2.29. The van der Waals surface area contributed by atoms with Crippen molar-refractivity contribution in [1.29, 1.82) is 0 Å². The quantitative estimate of drug-likeness (QED) is 0.834. The third-order valence-electron chi connectivity index (χ3n) is 2.99. The summed E-state index contributed by atoms with van der Waals surface area (Å²) in [6.45, 7) is 4.27. The SMILES string of the molecule is CC(C)NC1=CCC(N)(c2ccccc2)C=C1. The van der Waals surface area contributed by atoms with Gasteiger partial charge in [-0.25, -0.2) is 0 Å². The van der Waals surface area contributed by atoms with Gasteiger partial charge in [-0.15, -0.1) is 0 Å². The Morgan fingerprint density at radius 3 is 2.47 bits per heavy atom. The maximum Gasteiger partial charge on any atom is 0.0634 e. The van der Waals surface area contributed by atoms with Crippen molar-refractivity contribution in [2.75, 3.05) is 0 Å². The summed E-state index contributed by atoms with van der Waals surface area (Å²) in [6.07, 6.45) is 7.18. The number of hydrogen-bond acceptors (Lipinski definition) is 2. The zero-order chi connectivity index (χ0) is 12.3. The van der Waals surface area contributed by atoms with Gasteiger partial charge in [-0.2, -0.15) is 0 Å². The summed E-state index contributed by atoms with van der Waals surface area (Å²) in [5.41, 5.74) is 8.38. The normalized spacial score (nSPS) is 23.6. The number of benzene rings is 1. The van der Waals surface area contributed by atoms with E-state index in [0.717, 1.165) is 17.7 Å². The molecule has 0 amide bonds. The molecule has 2 rings (SSSR count). The average molecular weight is 228 g/mol. The largest absolute Gasteiger partial charge is 0.383 e. The smallest absolute Gasteiger partial charge is 0.0634 e. The van der Waals surface area contributed by atoms with Crippen LogP contribution in [-0.4, -0.2) is 6.04 Å². The predicted molar refractivity (Wildman–Crippen MR) is 72.4 cm³/mol. The number of hydrogen-bond donors (Lipinski definition) is 2. The van der Waals surface area contributed by atoms with E-state index in [1.54, 1.807) is 0 Å². The first kappa shape index (κ1) is 11.9. The highest BCUT2D eigenvalue weighted by molar-refractivity contribution is 5.36. The Kier molecular flexibility index (Phi) is 3.34. The Morgan fingerprint density at radius 2 is 1.94 bits per heavy atom. The lowest BCUT2D eigenvalue weighted by molar-refractivity contribution is 0.552. The third-order valence-corrected chi connectivity index (χ3v) is 2.99. The van der Waals surface area contributed by atoms with Crippen LogP contribution in [0.1, 0.15) is 25.8 Å². The fraction of sp³-hybridized carbons (Fsp3) is 0.333. The highest BCUT2D eigenvalue weighted by Crippen LogP contribution is 2.28. The zero-order valence-electron chi connectivity index (χ0n) is 10.5. The molecule has 0 aliphatic heterocycles. The molecule has 0 saturated heterocycles. The average Bonchev–Trinajstić information content (AvgIpc) is 2.33. The van der Waals surface area contributed by atoms with Crippen LogP contribution >= 0.6 is 0 Å². The van der Waals surface area contributed by atoms with Gasteiger partial charge >= 0.3 is 0 Å². The summed E-state index contributed by atoms with van der Waals surface area (Å²) in [5, 5.41) is 3.39. The van der Waals surface area contributed by atoms with Crippen LogP contribution in [0.15, 0.2) is 54.3 Å². The van der Waals surface area contributed by atoms with E-state index in [4.69, 9.17) is 5.73 Å². The van der Waals surface area contributed by atoms with Crippen molar-refractivity contribution >= 4 is 0 Å². The van der Waals surface area contributed by atoms with Gasteiger partial charge in [0, 0.05) is 11.7 Å². The van der Waals surface area contributed by atoms with Crippen LogP contribution in [0.25, 0.3) is 0 Å². The first-order valence-electron chi connectivity index (χ1n) is 6.10. The van der Waals surface area contributed by atoms with Gasteiger partial charge in [0.15, 0.2) is 0 Å². The molecule has 1 aromatic rings. The van der Waals surface area contributed by atoms with Crippen molar-refractivity contribution in [2.24, 2.45) is 5.73 Å². The summed E-state index contributed by atoms with van der Waals surface area (Å²) < 4.78 is 0. The highest BCUT2D eigenvalue weighted by atomic mass is 14.9. The Balaban J connectivity index is 2.13. The molecular weight excluding hydrogens is 208 g/mol. The zero-order valence-corrected chi connectivity index (χ0v) is 10.5. The predicted octanol–water partition coefficient (Wildman–Crippen LogP) is 2.68. The minimum atomic E-state index is -0.358. The monoisotopic (exact) mass is 228 g/mol. The van der Waals surface area contributed by atoms with E-state index < -0.39 is 0 Å². The summed E-state index contributed by atoms with van der Waals surface area (Å²) in [5.74, 6) is 0. The van der Waals surface area contributed by atoms with E-state index in [1.807, 2.05) is 18.2 Å². The topological polar surface area (TPSA) is 38.0 Å². The van der Waals surface area contributed by atoms with E-state index in [2.05, 4.69) is 49.5 Å². The maximum atomic E-state index is 6.41. The first-order chi connectivity index (χ1) is 8.10. The second kappa shape index (κ2) is 4.76. The molecule has 0 fully saturated rings. The van der Waals surface area contributed by atoms with Crippen LogP contribution < -0.4 is 11.1 Å². The van der Waals surface area contributed by atoms with Gasteiger partial charge in [-0.3, -0.25) is 0 Å². The van der Waals surface area contributed by atoms with Gasteiger partial charge < -0.3 is 11.1 Å². The molecule has 1 unspecified atom stereocenters. The summed E-state index contributed by atoms with van der Waals surface area (Å²) in [6, 6.07) is 10.7. The van der Waals surface area contributed by atoms with E-state index in [9.17, 15) is 0 Å². The standard InChI is InChI=1S/C15H20N2/c1-12(2)17-14-8-10-15(16,11-9-14)13-6-4-3-5-7-13/h3-10,12,17H,11,16H2,1-2H3. The second-order valence-corrected chi connectivity index (χ2v) is 4.90. The van der Waals surface area contributed by atoms with Crippen molar-refractivity contribution in [3.05, 3.63) is 59.8 Å². The molecule has 1 aliphatic rings. The fourth-order valence-corrected chi connectivity index (χ4v) is 2.06. The van der Waals surface area contributed by atoms with Gasteiger partial charge in [-0.05, 0) is 31.9 Å². The van der Waals surface area contributed by atoms with E-state index >= 15 is 0 Å². The van der Waals surface area contributed by atoms with E-state index in [-0.39, 0.29) is 5.54 Å². The van der Waals surface area contributed by atoms with Crippen molar-refractivity contribution < 1.29 is 0 Å². The molecular formula is C15H20N2. The van der Waals surface area contributed by atoms with Gasteiger partial charge in [0.05, 0.1) is 5.54 Å². The number of nitrogens with one attached hydrogen (secondary N) is 1. The Hall–Kier alpha value is -1.54. The van der Waals surface area contributed by atoms with Crippen LogP contribution in [0.2, 0.25) is 0 Å². The molecule has 0 radical (unpaired) electrons. The molecule has 0 bridgehead atoms. The summed E-state index contributed by atoms with van der Waals surface area (Å²) in [7, 11) is 0. The van der Waals surface area contributed by atoms with Gasteiger partial charge in [0.1, 0.15) is 0 Å². The lowest BCUT2D eigenvalue weighted by Crippen LogP contribution is -2.36. The van der Waals surface area contributed by atoms with Gasteiger partial charge in [-0.1, -0.05) is 42.5 Å². The van der Waals surface area contributed by atoms with Crippen molar-refractivity contribution in [3.63, 3.8) is 0 Å². The van der Waals surface area contributed by atoms with Crippen LogP contribution in [0, 0.1) is 0 Å². The van der Waals surface area contributed by atoms with Crippen LogP contribution in [0.4, 0.5) is 0 Å². The van der Waals surface area contributed by atoms with Crippen LogP contribution in [0.5, 0.6) is 0 Å². The van der Waals surface area contributed by atoms with Crippen LogP contribution in [0.3, 0.4) is 0 Å². The lowest BCUT2D eigenvalue weighted by atomic mass is 9.84. The van der Waals surface area contributed by atoms with Crippen LogP contribution in [-0.2, 0) is 5.54 Å². The minimum Gasteiger partial charge on any atom is -0.383 e. The molecule has 17 heavy (non-hydrogen) atoms. The van der Waals surface area contributed by atoms with Gasteiger partial charge in [0.2, 0.25) is 0 Å².